The lowest BCUT2D eigenvalue weighted by Crippen LogP contribution is -2.27. The summed E-state index contributed by atoms with van der Waals surface area (Å²) in [7, 11) is 0. The van der Waals surface area contributed by atoms with Crippen molar-refractivity contribution in [1.82, 2.24) is 10.3 Å². The number of halogens is 1. The fraction of sp³-hybridized carbons (Fsp3) is 0.182. The maximum atomic E-state index is 12.9. The molecule has 1 atom stereocenters. The number of pyridine rings is 1. The lowest BCUT2D eigenvalue weighted by molar-refractivity contribution is 0.0937. The highest BCUT2D eigenvalue weighted by Crippen LogP contribution is 2.29. The van der Waals surface area contributed by atoms with Gasteiger partial charge in [-0.05, 0) is 49.6 Å². The lowest BCUT2D eigenvalue weighted by Gasteiger charge is -2.16. The molecule has 1 N–H and O–H groups in total. The van der Waals surface area contributed by atoms with Gasteiger partial charge in [-0.2, -0.15) is 0 Å². The number of carbonyl (C=O) groups excluding carboxylic acids is 1. The first-order chi connectivity index (χ1) is 13.0. The average Bonchev–Trinajstić information content (AvgIpc) is 2.67. The van der Waals surface area contributed by atoms with Crippen LogP contribution in [0.4, 0.5) is 0 Å². The summed E-state index contributed by atoms with van der Waals surface area (Å²) in [6, 6.07) is 16.9. The van der Waals surface area contributed by atoms with E-state index in [1.165, 1.54) is 6.20 Å². The summed E-state index contributed by atoms with van der Waals surface area (Å²) in [5, 5.41) is 3.35. The molecule has 2 aromatic carbocycles. The predicted molar refractivity (Wildman–Crippen MR) is 108 cm³/mol. The molecule has 0 spiro atoms. The third-order valence-electron chi connectivity index (χ3n) is 4.47. The van der Waals surface area contributed by atoms with E-state index in [2.05, 4.69) is 10.3 Å². The van der Waals surface area contributed by atoms with Crippen LogP contribution >= 0.6 is 11.6 Å². The van der Waals surface area contributed by atoms with Gasteiger partial charge in [-0.15, -0.1) is 0 Å². The molecule has 0 saturated carbocycles. The Labute approximate surface area is 164 Å². The fourth-order valence-corrected chi connectivity index (χ4v) is 2.87. The Bertz CT molecular complexity index is 958. The molecule has 0 unspecified atom stereocenters. The summed E-state index contributed by atoms with van der Waals surface area (Å²) in [6.07, 6.45) is 1.47. The summed E-state index contributed by atoms with van der Waals surface area (Å²) >= 11 is 6.08. The second-order valence-corrected chi connectivity index (χ2v) is 6.85. The first-order valence-corrected chi connectivity index (χ1v) is 9.09. The number of hydrogen-bond donors (Lipinski definition) is 1. The van der Waals surface area contributed by atoms with E-state index in [-0.39, 0.29) is 17.8 Å². The lowest BCUT2D eigenvalue weighted by atomic mass is 10.1. The van der Waals surface area contributed by atoms with Crippen molar-refractivity contribution in [3.8, 4) is 11.6 Å². The van der Waals surface area contributed by atoms with Crippen LogP contribution in [0.25, 0.3) is 0 Å². The molecule has 5 heteroatoms. The zero-order valence-electron chi connectivity index (χ0n) is 15.5. The number of hydrogen-bond acceptors (Lipinski definition) is 3. The van der Waals surface area contributed by atoms with Gasteiger partial charge < -0.3 is 10.1 Å². The maximum absolute atomic E-state index is 12.9. The molecule has 0 bridgehead atoms. The molecule has 138 valence electrons. The molecule has 1 amide bonds. The zero-order chi connectivity index (χ0) is 19.4. The van der Waals surface area contributed by atoms with Crippen LogP contribution in [0, 0.1) is 13.8 Å². The molecule has 0 radical (unpaired) electrons. The van der Waals surface area contributed by atoms with Gasteiger partial charge in [0, 0.05) is 6.20 Å². The van der Waals surface area contributed by atoms with Crippen molar-refractivity contribution in [3.05, 3.63) is 88.1 Å². The Kier molecular flexibility index (Phi) is 5.77. The Morgan fingerprint density at radius 3 is 2.59 bits per heavy atom. The van der Waals surface area contributed by atoms with Crippen LogP contribution in [-0.4, -0.2) is 10.9 Å². The largest absolute Gasteiger partial charge is 0.438 e. The van der Waals surface area contributed by atoms with Crippen molar-refractivity contribution < 1.29 is 9.53 Å². The van der Waals surface area contributed by atoms with Crippen molar-refractivity contribution in [1.29, 1.82) is 0 Å². The summed E-state index contributed by atoms with van der Waals surface area (Å²) in [5.74, 6) is 0.600. The predicted octanol–water partition coefficient (Wildman–Crippen LogP) is 5.64. The summed E-state index contributed by atoms with van der Waals surface area (Å²) in [6.45, 7) is 5.90. The smallest absolute Gasteiger partial charge is 0.257 e. The van der Waals surface area contributed by atoms with Crippen molar-refractivity contribution >= 4 is 17.5 Å². The van der Waals surface area contributed by atoms with Gasteiger partial charge in [0.1, 0.15) is 11.3 Å². The third kappa shape index (κ3) is 4.47. The van der Waals surface area contributed by atoms with Gasteiger partial charge in [0.2, 0.25) is 5.88 Å². The molecule has 27 heavy (non-hydrogen) atoms. The number of amides is 1. The highest BCUT2D eigenvalue weighted by atomic mass is 35.5. The van der Waals surface area contributed by atoms with Crippen LogP contribution < -0.4 is 10.1 Å². The Hall–Kier alpha value is -2.85. The fourth-order valence-electron chi connectivity index (χ4n) is 2.71. The third-order valence-corrected chi connectivity index (χ3v) is 4.68. The molecular weight excluding hydrogens is 360 g/mol. The SMILES string of the molecule is Cc1cccc(Oc2ncc(Cl)cc2C(=O)N[C@@H](C)c2ccccc2)c1C. The van der Waals surface area contributed by atoms with Crippen LogP contribution in [0.15, 0.2) is 60.8 Å². The van der Waals surface area contributed by atoms with Crippen molar-refractivity contribution in [2.75, 3.05) is 0 Å². The molecule has 1 aromatic heterocycles. The average molecular weight is 381 g/mol. The van der Waals surface area contributed by atoms with E-state index in [1.807, 2.05) is 69.3 Å². The Balaban J connectivity index is 1.87. The summed E-state index contributed by atoms with van der Waals surface area (Å²) in [4.78, 5) is 17.1. The van der Waals surface area contributed by atoms with Crippen molar-refractivity contribution in [2.45, 2.75) is 26.8 Å². The first-order valence-electron chi connectivity index (χ1n) is 8.71. The number of aromatic nitrogens is 1. The number of ether oxygens (including phenoxy) is 1. The van der Waals surface area contributed by atoms with E-state index < -0.39 is 0 Å². The molecule has 0 saturated heterocycles. The summed E-state index contributed by atoms with van der Waals surface area (Å²) in [5.41, 5.74) is 3.41. The standard InChI is InChI=1S/C22H21ClN2O2/c1-14-8-7-11-20(15(14)2)27-22-19(12-18(23)13-24-22)21(26)25-16(3)17-9-5-4-6-10-17/h4-13,16H,1-3H3,(H,25,26)/t16-/m0/s1. The molecule has 0 aliphatic heterocycles. The van der Waals surface area contributed by atoms with Gasteiger partial charge in [-0.25, -0.2) is 4.98 Å². The maximum Gasteiger partial charge on any atom is 0.257 e. The molecule has 4 nitrogen and oxygen atoms in total. The van der Waals surface area contributed by atoms with E-state index >= 15 is 0 Å². The second-order valence-electron chi connectivity index (χ2n) is 6.41. The molecular formula is C22H21ClN2O2. The van der Waals surface area contributed by atoms with E-state index in [0.29, 0.717) is 16.3 Å². The van der Waals surface area contributed by atoms with Crippen molar-refractivity contribution in [3.63, 3.8) is 0 Å². The van der Waals surface area contributed by atoms with E-state index in [1.54, 1.807) is 6.07 Å². The topological polar surface area (TPSA) is 51.2 Å². The number of nitrogens with one attached hydrogen (secondary N) is 1. The van der Waals surface area contributed by atoms with Gasteiger partial charge in [0.15, 0.2) is 0 Å². The number of nitrogens with zero attached hydrogens (tertiary/aromatic N) is 1. The number of benzene rings is 2. The highest BCUT2D eigenvalue weighted by molar-refractivity contribution is 6.30. The van der Waals surface area contributed by atoms with Crippen molar-refractivity contribution in [2.24, 2.45) is 0 Å². The second kappa shape index (κ2) is 8.23. The quantitative estimate of drug-likeness (QED) is 0.623. The molecule has 0 fully saturated rings. The van der Waals surface area contributed by atoms with Crippen LogP contribution in [0.2, 0.25) is 5.02 Å². The van der Waals surface area contributed by atoms with Gasteiger partial charge in [-0.1, -0.05) is 54.1 Å². The minimum absolute atomic E-state index is 0.161. The van der Waals surface area contributed by atoms with Gasteiger partial charge >= 0.3 is 0 Å². The van der Waals surface area contributed by atoms with E-state index in [0.717, 1.165) is 16.7 Å². The molecule has 1 heterocycles. The molecule has 0 aliphatic carbocycles. The van der Waals surface area contributed by atoms with Crippen LogP contribution in [0.1, 0.15) is 40.0 Å². The number of rotatable bonds is 5. The number of carbonyl (C=O) groups is 1. The highest BCUT2D eigenvalue weighted by Gasteiger charge is 2.19. The normalized spacial score (nSPS) is 11.7. The number of aryl methyl sites for hydroxylation is 1. The molecule has 0 aliphatic rings. The molecule has 3 rings (SSSR count). The van der Waals surface area contributed by atoms with Gasteiger partial charge in [-0.3, -0.25) is 4.79 Å². The Morgan fingerprint density at radius 1 is 1.11 bits per heavy atom. The van der Waals surface area contributed by atoms with Crippen LogP contribution in [0.5, 0.6) is 11.6 Å². The zero-order valence-corrected chi connectivity index (χ0v) is 16.2. The monoisotopic (exact) mass is 380 g/mol. The van der Waals surface area contributed by atoms with Crippen LogP contribution in [0.3, 0.4) is 0 Å². The minimum Gasteiger partial charge on any atom is -0.438 e. The van der Waals surface area contributed by atoms with Gasteiger partial charge in [0.05, 0.1) is 11.1 Å². The van der Waals surface area contributed by atoms with Gasteiger partial charge in [0.25, 0.3) is 5.91 Å². The van der Waals surface area contributed by atoms with Crippen LogP contribution in [-0.2, 0) is 0 Å². The van der Waals surface area contributed by atoms with E-state index in [9.17, 15) is 4.79 Å². The molecule has 3 aromatic rings. The Morgan fingerprint density at radius 2 is 1.85 bits per heavy atom. The first kappa shape index (κ1) is 18.9. The summed E-state index contributed by atoms with van der Waals surface area (Å²) < 4.78 is 5.95. The van der Waals surface area contributed by atoms with E-state index in [4.69, 9.17) is 16.3 Å². The minimum atomic E-state index is -0.290.